The smallest absolute Gasteiger partial charge is 0.406 e. The molecule has 2 aromatic rings. The average molecular weight is 486 g/mol. The molecule has 0 saturated carbocycles. The monoisotopic (exact) mass is 486 g/mol. The van der Waals surface area contributed by atoms with Crippen molar-refractivity contribution in [2.24, 2.45) is 5.14 Å². The van der Waals surface area contributed by atoms with Gasteiger partial charge >= 0.3 is 12.4 Å². The van der Waals surface area contributed by atoms with Crippen LogP contribution in [0.15, 0.2) is 53.4 Å². The highest BCUT2D eigenvalue weighted by molar-refractivity contribution is 7.89. The number of ether oxygens (including phenoxy) is 1. The van der Waals surface area contributed by atoms with Gasteiger partial charge in [0.2, 0.25) is 10.0 Å². The molecule has 1 fully saturated rings. The number of nitrogens with one attached hydrogen (secondary N) is 2. The van der Waals surface area contributed by atoms with E-state index in [0.717, 1.165) is 12.1 Å². The molecular formula is C20H21F3N4O5S. The number of halogens is 3. The number of nitrogens with zero attached hydrogens (tertiary/aromatic N) is 1. The van der Waals surface area contributed by atoms with Gasteiger partial charge in [0.1, 0.15) is 5.75 Å². The van der Waals surface area contributed by atoms with E-state index in [1.165, 1.54) is 36.4 Å². The summed E-state index contributed by atoms with van der Waals surface area (Å²) in [6, 6.07) is 9.33. The number of alkyl halides is 3. The molecular weight excluding hydrogens is 465 g/mol. The summed E-state index contributed by atoms with van der Waals surface area (Å²) in [5.74, 6) is -0.662. The van der Waals surface area contributed by atoms with E-state index in [4.69, 9.17) is 5.14 Å². The quantitative estimate of drug-likeness (QED) is 0.598. The number of primary sulfonamides is 1. The maximum Gasteiger partial charge on any atom is 0.573 e. The largest absolute Gasteiger partial charge is 0.573 e. The summed E-state index contributed by atoms with van der Waals surface area (Å²) >= 11 is 0. The summed E-state index contributed by atoms with van der Waals surface area (Å²) < 4.78 is 63.0. The van der Waals surface area contributed by atoms with Crippen LogP contribution >= 0.6 is 0 Å². The van der Waals surface area contributed by atoms with E-state index in [9.17, 15) is 31.2 Å². The van der Waals surface area contributed by atoms with Gasteiger partial charge in [-0.1, -0.05) is 0 Å². The van der Waals surface area contributed by atoms with E-state index >= 15 is 0 Å². The number of sulfonamides is 1. The lowest BCUT2D eigenvalue weighted by Gasteiger charge is -2.32. The fraction of sp³-hybridized carbons (Fsp3) is 0.300. The van der Waals surface area contributed by atoms with E-state index in [1.54, 1.807) is 4.90 Å². The van der Waals surface area contributed by atoms with Crippen LogP contribution in [0, 0.1) is 0 Å². The molecule has 3 amide bonds. The van der Waals surface area contributed by atoms with Crippen LogP contribution in [0.5, 0.6) is 5.75 Å². The Labute approximate surface area is 187 Å². The third-order valence-electron chi connectivity index (χ3n) is 4.89. The number of hydrogen-bond donors (Lipinski definition) is 3. The molecule has 2 aromatic carbocycles. The number of urea groups is 1. The minimum atomic E-state index is -4.79. The lowest BCUT2D eigenvalue weighted by Crippen LogP contribution is -2.47. The molecule has 3 rings (SSSR count). The fourth-order valence-electron chi connectivity index (χ4n) is 3.29. The first-order valence-corrected chi connectivity index (χ1v) is 11.3. The molecule has 1 heterocycles. The van der Waals surface area contributed by atoms with Gasteiger partial charge in [-0.2, -0.15) is 0 Å². The molecule has 33 heavy (non-hydrogen) atoms. The van der Waals surface area contributed by atoms with Crippen molar-refractivity contribution < 1.29 is 35.9 Å². The molecule has 0 spiro atoms. The molecule has 1 aliphatic rings. The summed E-state index contributed by atoms with van der Waals surface area (Å²) in [6.45, 7) is 0.758. The van der Waals surface area contributed by atoms with Crippen molar-refractivity contribution in [3.63, 3.8) is 0 Å². The Bertz CT molecular complexity index is 1100. The van der Waals surface area contributed by atoms with Gasteiger partial charge in [-0.15, -0.1) is 13.2 Å². The molecule has 0 unspecified atom stereocenters. The van der Waals surface area contributed by atoms with Crippen LogP contribution in [0.2, 0.25) is 0 Å². The Kier molecular flexibility index (Phi) is 7.12. The van der Waals surface area contributed by atoms with Crippen molar-refractivity contribution in [1.29, 1.82) is 0 Å². The Morgan fingerprint density at radius 1 is 1.00 bits per heavy atom. The van der Waals surface area contributed by atoms with Gasteiger partial charge in [-0.05, 0) is 61.4 Å². The topological polar surface area (TPSA) is 131 Å². The molecule has 0 aliphatic carbocycles. The van der Waals surface area contributed by atoms with Crippen LogP contribution in [0.3, 0.4) is 0 Å². The predicted octanol–water partition coefficient (Wildman–Crippen LogP) is 2.66. The van der Waals surface area contributed by atoms with Gasteiger partial charge in [0.25, 0.3) is 5.91 Å². The molecule has 13 heteroatoms. The second-order valence-corrected chi connectivity index (χ2v) is 8.87. The Balaban J connectivity index is 1.47. The molecule has 178 valence electrons. The summed E-state index contributed by atoms with van der Waals surface area (Å²) in [5, 5.41) is 10.3. The first-order valence-electron chi connectivity index (χ1n) is 9.76. The highest BCUT2D eigenvalue weighted by Gasteiger charge is 2.31. The lowest BCUT2D eigenvalue weighted by atomic mass is 10.0. The standard InChI is InChI=1S/C20H21F3N4O5S/c21-20(22,23)32-16-5-3-14(4-6-16)25-19(29)26-15-9-11-27(12-10-15)18(28)13-1-7-17(8-2-13)33(24,30)31/h1-8,15H,9-12H2,(H2,24,30,31)(H2,25,26,29). The molecule has 0 atom stereocenters. The third-order valence-corrected chi connectivity index (χ3v) is 5.82. The molecule has 0 aromatic heterocycles. The Morgan fingerprint density at radius 2 is 1.58 bits per heavy atom. The van der Waals surface area contributed by atoms with E-state index in [0.29, 0.717) is 31.5 Å². The van der Waals surface area contributed by atoms with Crippen molar-refractivity contribution in [1.82, 2.24) is 10.2 Å². The number of amides is 3. The third kappa shape index (κ3) is 7.08. The number of nitrogens with two attached hydrogens (primary N) is 1. The van der Waals surface area contributed by atoms with Crippen LogP contribution in [0.1, 0.15) is 23.2 Å². The summed E-state index contributed by atoms with van der Waals surface area (Å²) in [7, 11) is -3.84. The number of likely N-dealkylation sites (tertiary alicyclic amines) is 1. The Hall–Kier alpha value is -3.32. The normalized spacial score (nSPS) is 15.1. The number of hydrogen-bond acceptors (Lipinski definition) is 5. The van der Waals surface area contributed by atoms with Gasteiger partial charge in [0.15, 0.2) is 0 Å². The van der Waals surface area contributed by atoms with Crippen molar-refractivity contribution in [3.8, 4) is 5.75 Å². The zero-order valence-electron chi connectivity index (χ0n) is 17.1. The molecule has 0 radical (unpaired) electrons. The molecule has 9 nitrogen and oxygen atoms in total. The predicted molar refractivity (Wildman–Crippen MR) is 112 cm³/mol. The molecule has 1 aliphatic heterocycles. The van der Waals surface area contributed by atoms with Crippen LogP contribution in [-0.2, 0) is 10.0 Å². The highest BCUT2D eigenvalue weighted by atomic mass is 32.2. The first-order chi connectivity index (χ1) is 15.4. The number of benzene rings is 2. The molecule has 0 bridgehead atoms. The van der Waals surface area contributed by atoms with Crippen LogP contribution in [-0.4, -0.2) is 50.7 Å². The summed E-state index contributed by atoms with van der Waals surface area (Å²) in [5.41, 5.74) is 0.613. The first kappa shape index (κ1) is 24.3. The van der Waals surface area contributed by atoms with Crippen LogP contribution in [0.4, 0.5) is 23.7 Å². The SMILES string of the molecule is NS(=O)(=O)c1ccc(C(=O)N2CCC(NC(=O)Nc3ccc(OC(F)(F)F)cc3)CC2)cc1. The van der Waals surface area contributed by atoms with Gasteiger partial charge in [0, 0.05) is 30.4 Å². The average Bonchev–Trinajstić information content (AvgIpc) is 2.73. The van der Waals surface area contributed by atoms with E-state index < -0.39 is 28.2 Å². The molecule has 4 N–H and O–H groups in total. The number of carbonyl (C=O) groups excluding carboxylic acids is 2. The lowest BCUT2D eigenvalue weighted by molar-refractivity contribution is -0.274. The van der Waals surface area contributed by atoms with Crippen LogP contribution < -0.4 is 20.5 Å². The van der Waals surface area contributed by atoms with Crippen LogP contribution in [0.25, 0.3) is 0 Å². The number of carbonyl (C=O) groups is 2. The van der Waals surface area contributed by atoms with Crippen molar-refractivity contribution >= 4 is 27.6 Å². The minimum Gasteiger partial charge on any atom is -0.406 e. The van der Waals surface area contributed by atoms with E-state index in [2.05, 4.69) is 15.4 Å². The number of rotatable bonds is 5. The second-order valence-electron chi connectivity index (χ2n) is 7.31. The second kappa shape index (κ2) is 9.67. The van der Waals surface area contributed by atoms with Crippen molar-refractivity contribution in [2.75, 3.05) is 18.4 Å². The highest BCUT2D eigenvalue weighted by Crippen LogP contribution is 2.24. The number of piperidine rings is 1. The minimum absolute atomic E-state index is 0.0875. The van der Waals surface area contributed by atoms with Crippen molar-refractivity contribution in [3.05, 3.63) is 54.1 Å². The van der Waals surface area contributed by atoms with Gasteiger partial charge < -0.3 is 20.3 Å². The maximum atomic E-state index is 12.6. The van der Waals surface area contributed by atoms with Gasteiger partial charge in [-0.25, -0.2) is 18.4 Å². The van der Waals surface area contributed by atoms with E-state index in [-0.39, 0.29) is 22.5 Å². The number of anilines is 1. The fourth-order valence-corrected chi connectivity index (χ4v) is 3.80. The van der Waals surface area contributed by atoms with Gasteiger partial charge in [0.05, 0.1) is 4.90 Å². The molecule has 1 saturated heterocycles. The zero-order valence-corrected chi connectivity index (χ0v) is 17.9. The zero-order chi connectivity index (χ0) is 24.2. The van der Waals surface area contributed by atoms with Crippen molar-refractivity contribution in [2.45, 2.75) is 30.1 Å². The maximum absolute atomic E-state index is 12.6. The van der Waals surface area contributed by atoms with E-state index in [1.807, 2.05) is 0 Å². The van der Waals surface area contributed by atoms with Gasteiger partial charge in [-0.3, -0.25) is 4.79 Å². The summed E-state index contributed by atoms with van der Waals surface area (Å²) in [6.07, 6.45) is -3.81. The summed E-state index contributed by atoms with van der Waals surface area (Å²) in [4.78, 5) is 26.3. The Morgan fingerprint density at radius 3 is 2.09 bits per heavy atom.